The molecule has 2 aliphatic heterocycles. The van der Waals surface area contributed by atoms with E-state index in [1.54, 1.807) is 0 Å². The maximum absolute atomic E-state index is 11.6. The minimum absolute atomic E-state index is 0.0566. The number of rotatable bonds is 7. The summed E-state index contributed by atoms with van der Waals surface area (Å²) in [6, 6.07) is 1.02. The first kappa shape index (κ1) is 13.8. The van der Waals surface area contributed by atoms with E-state index >= 15 is 0 Å². The van der Waals surface area contributed by atoms with Crippen LogP contribution in [0.15, 0.2) is 0 Å². The van der Waals surface area contributed by atoms with E-state index in [4.69, 9.17) is 4.74 Å². The Morgan fingerprint density at radius 2 is 1.83 bits per heavy atom. The molecule has 2 fully saturated rings. The highest BCUT2D eigenvalue weighted by molar-refractivity contribution is 5.71. The minimum Gasteiger partial charge on any atom is -0.466 e. The van der Waals surface area contributed by atoms with Gasteiger partial charge in [0.2, 0.25) is 0 Å². The molecular weight excluding hydrogens is 228 g/mol. The Morgan fingerprint density at radius 3 is 2.44 bits per heavy atom. The van der Waals surface area contributed by atoms with Crippen LogP contribution in [0.3, 0.4) is 0 Å². The summed E-state index contributed by atoms with van der Waals surface area (Å²) in [6.45, 7) is 4.58. The number of hydrogen-bond acceptors (Lipinski definition) is 4. The summed E-state index contributed by atoms with van der Waals surface area (Å²) >= 11 is 0. The van der Waals surface area contributed by atoms with E-state index in [1.807, 2.05) is 6.92 Å². The lowest BCUT2D eigenvalue weighted by Crippen LogP contribution is -2.11. The molecule has 0 aromatic rings. The van der Waals surface area contributed by atoms with Crippen LogP contribution < -0.4 is 0 Å². The molecule has 2 unspecified atom stereocenters. The molecule has 4 heteroatoms. The molecule has 0 aromatic carbocycles. The number of unbranched alkanes of at least 4 members (excludes halogenated alkanes) is 2. The molecule has 0 bridgehead atoms. The lowest BCUT2D eigenvalue weighted by Gasteiger charge is -1.98. The summed E-state index contributed by atoms with van der Waals surface area (Å²) < 4.78 is 5.05. The van der Waals surface area contributed by atoms with Gasteiger partial charge >= 0.3 is 5.97 Å². The molecule has 0 N–H and O–H groups in total. The van der Waals surface area contributed by atoms with Crippen LogP contribution >= 0.6 is 0 Å². The van der Waals surface area contributed by atoms with E-state index in [9.17, 15) is 4.79 Å². The zero-order valence-corrected chi connectivity index (χ0v) is 12.1. The van der Waals surface area contributed by atoms with Crippen LogP contribution in [-0.4, -0.2) is 54.2 Å². The predicted molar refractivity (Wildman–Crippen MR) is 71.2 cm³/mol. The van der Waals surface area contributed by atoms with Crippen molar-refractivity contribution in [2.45, 2.75) is 63.7 Å². The van der Waals surface area contributed by atoms with Crippen LogP contribution in [0.1, 0.15) is 46.0 Å². The van der Waals surface area contributed by atoms with Crippen molar-refractivity contribution < 1.29 is 9.53 Å². The Bertz CT molecular complexity index is 321. The normalized spacial score (nSPS) is 40.9. The lowest BCUT2D eigenvalue weighted by molar-refractivity contribution is -0.143. The monoisotopic (exact) mass is 254 g/mol. The molecule has 104 valence electrons. The van der Waals surface area contributed by atoms with Crippen molar-refractivity contribution in [3.05, 3.63) is 0 Å². The zero-order valence-electron chi connectivity index (χ0n) is 12.1. The molecule has 0 radical (unpaired) electrons. The Morgan fingerprint density at radius 1 is 1.17 bits per heavy atom. The smallest absolute Gasteiger partial charge is 0.307 e. The number of carbonyl (C=O) groups is 1. The second-order valence-electron chi connectivity index (χ2n) is 5.54. The number of hydrogen-bond donors (Lipinski definition) is 0. The first-order valence-electron chi connectivity index (χ1n) is 7.22. The largest absolute Gasteiger partial charge is 0.466 e. The van der Waals surface area contributed by atoms with Crippen molar-refractivity contribution >= 4 is 5.97 Å². The molecule has 0 saturated carbocycles. The lowest BCUT2D eigenvalue weighted by atomic mass is 10.1. The van der Waals surface area contributed by atoms with Crippen molar-refractivity contribution in [3.63, 3.8) is 0 Å². The molecule has 2 aliphatic rings. The topological polar surface area (TPSA) is 32.3 Å². The van der Waals surface area contributed by atoms with E-state index in [2.05, 4.69) is 30.8 Å². The fourth-order valence-electron chi connectivity index (χ4n) is 3.59. The highest BCUT2D eigenvalue weighted by Gasteiger charge is 2.79. The fraction of sp³-hybridized carbons (Fsp3) is 0.929. The van der Waals surface area contributed by atoms with Crippen molar-refractivity contribution in [1.29, 1.82) is 0 Å². The molecule has 5 atom stereocenters. The van der Waals surface area contributed by atoms with E-state index in [1.165, 1.54) is 25.7 Å². The third-order valence-corrected chi connectivity index (χ3v) is 4.66. The quantitative estimate of drug-likeness (QED) is 0.394. The van der Waals surface area contributed by atoms with Crippen LogP contribution in [0.2, 0.25) is 0 Å². The Hall–Kier alpha value is -0.610. The predicted octanol–water partition coefficient (Wildman–Crippen LogP) is 1.84. The minimum atomic E-state index is -0.0566. The van der Waals surface area contributed by atoms with Gasteiger partial charge in [0.05, 0.1) is 19.1 Å². The molecule has 0 amide bonds. The van der Waals surface area contributed by atoms with Gasteiger partial charge in [0.15, 0.2) is 0 Å². The zero-order chi connectivity index (χ0) is 13.3. The highest BCUT2D eigenvalue weighted by Crippen LogP contribution is 2.61. The highest BCUT2D eigenvalue weighted by atomic mass is 16.5. The van der Waals surface area contributed by atoms with E-state index in [0.29, 0.717) is 25.1 Å². The van der Waals surface area contributed by atoms with Gasteiger partial charge in [-0.3, -0.25) is 14.6 Å². The van der Waals surface area contributed by atoms with Crippen LogP contribution in [0.4, 0.5) is 0 Å². The third-order valence-electron chi connectivity index (χ3n) is 4.66. The summed E-state index contributed by atoms with van der Waals surface area (Å²) in [5, 5.41) is 0. The van der Waals surface area contributed by atoms with Gasteiger partial charge in [-0.15, -0.1) is 0 Å². The summed E-state index contributed by atoms with van der Waals surface area (Å²) in [6.07, 6.45) is 5.68. The Kier molecular flexibility index (Phi) is 3.97. The van der Waals surface area contributed by atoms with Gasteiger partial charge in [-0.05, 0) is 27.4 Å². The van der Waals surface area contributed by atoms with Gasteiger partial charge in [0.1, 0.15) is 5.66 Å². The first-order valence-corrected chi connectivity index (χ1v) is 7.22. The first-order chi connectivity index (χ1) is 8.60. The number of carbonyl (C=O) groups excluding carboxylic acids is 1. The molecule has 2 saturated heterocycles. The molecule has 1 spiro atoms. The maximum Gasteiger partial charge on any atom is 0.307 e. The second kappa shape index (κ2) is 5.17. The number of ether oxygens (including phenoxy) is 1. The molecular formula is C14H26N2O2. The molecule has 4 nitrogen and oxygen atoms in total. The molecule has 2 heterocycles. The second-order valence-corrected chi connectivity index (χ2v) is 5.54. The van der Waals surface area contributed by atoms with Crippen LogP contribution in [0.25, 0.3) is 0 Å². The van der Waals surface area contributed by atoms with Crippen molar-refractivity contribution in [2.75, 3.05) is 20.7 Å². The molecule has 0 aromatic heterocycles. The number of esters is 1. The van der Waals surface area contributed by atoms with Gasteiger partial charge in [0.25, 0.3) is 0 Å². The maximum atomic E-state index is 11.6. The summed E-state index contributed by atoms with van der Waals surface area (Å²) in [5.74, 6) is -0.0566. The Labute approximate surface area is 110 Å². The fourth-order valence-corrected chi connectivity index (χ4v) is 3.59. The van der Waals surface area contributed by atoms with Gasteiger partial charge < -0.3 is 4.74 Å². The van der Waals surface area contributed by atoms with E-state index < -0.39 is 0 Å². The molecule has 0 aliphatic carbocycles. The van der Waals surface area contributed by atoms with Gasteiger partial charge in [-0.2, -0.15) is 0 Å². The van der Waals surface area contributed by atoms with Crippen LogP contribution in [-0.2, 0) is 9.53 Å². The standard InChI is InChI=1S/C14H26N2O2/c1-5-7-8-9-11-14(15(11)3)12(16(14)4)10-13(17)18-6-2/h11-12H,5-10H2,1-4H3/t11-,12-,14-,15?,16?/m0/s1. The van der Waals surface area contributed by atoms with E-state index in [-0.39, 0.29) is 11.6 Å². The molecule has 18 heavy (non-hydrogen) atoms. The third kappa shape index (κ3) is 2.05. The average Bonchev–Trinajstić information content (AvgIpc) is 3.11. The van der Waals surface area contributed by atoms with Crippen molar-refractivity contribution in [3.8, 4) is 0 Å². The SMILES string of the molecule is CCCCC[C@@H]1N(C)[C@@]12[C@H](CC(=O)OCC)N2C. The van der Waals surface area contributed by atoms with Gasteiger partial charge in [0, 0.05) is 6.04 Å². The van der Waals surface area contributed by atoms with E-state index in [0.717, 1.165) is 0 Å². The summed E-state index contributed by atoms with van der Waals surface area (Å²) in [5.41, 5.74) is 0.195. The van der Waals surface area contributed by atoms with Crippen molar-refractivity contribution in [2.24, 2.45) is 0 Å². The van der Waals surface area contributed by atoms with Crippen LogP contribution in [0.5, 0.6) is 0 Å². The average molecular weight is 254 g/mol. The summed E-state index contributed by atoms with van der Waals surface area (Å²) in [7, 11) is 4.30. The van der Waals surface area contributed by atoms with Crippen LogP contribution in [0, 0.1) is 0 Å². The van der Waals surface area contributed by atoms with Crippen molar-refractivity contribution in [1.82, 2.24) is 9.80 Å². The molecule has 2 rings (SSSR count). The number of nitrogens with zero attached hydrogens (tertiary/aromatic N) is 2. The van der Waals surface area contributed by atoms with Gasteiger partial charge in [-0.25, -0.2) is 0 Å². The Balaban J connectivity index is 1.81. The van der Waals surface area contributed by atoms with Gasteiger partial charge in [-0.1, -0.05) is 26.2 Å². The number of likely N-dealkylation sites (N-methyl/N-ethyl adjacent to an activating group) is 2. The summed E-state index contributed by atoms with van der Waals surface area (Å²) in [4.78, 5) is 16.3.